The highest BCUT2D eigenvalue weighted by Gasteiger charge is 2.44. The lowest BCUT2D eigenvalue weighted by atomic mass is 10.0. The molecule has 2 aromatic carbocycles. The van der Waals surface area contributed by atoms with Crippen LogP contribution in [0.3, 0.4) is 0 Å². The number of piperazine rings is 1. The molecule has 0 aliphatic carbocycles. The molecule has 1 heterocycles. The molecule has 1 aliphatic rings. The van der Waals surface area contributed by atoms with E-state index < -0.39 is 30.1 Å². The topological polar surface area (TPSA) is 105 Å². The fraction of sp³-hybridized carbons (Fsp3) is 0.286. The number of nitrogens with one attached hydrogen (secondary N) is 1. The maximum atomic E-state index is 12.7. The maximum absolute atomic E-state index is 12.7. The minimum Gasteiger partial charge on any atom is -0.480 e. The van der Waals surface area contributed by atoms with Crippen LogP contribution in [0.5, 0.6) is 0 Å². The van der Waals surface area contributed by atoms with Crippen LogP contribution in [0.15, 0.2) is 60.7 Å². The van der Waals surface area contributed by atoms with E-state index in [1.54, 1.807) is 36.4 Å². The van der Waals surface area contributed by atoms with Crippen molar-refractivity contribution in [3.63, 3.8) is 0 Å². The van der Waals surface area contributed by atoms with Gasteiger partial charge in [-0.2, -0.15) is 0 Å². The molecular formula is C21H22N2O6. The lowest BCUT2D eigenvalue weighted by Gasteiger charge is -2.37. The lowest BCUT2D eigenvalue weighted by molar-refractivity contribution is -0.159. The molecule has 1 fully saturated rings. The van der Waals surface area contributed by atoms with Gasteiger partial charge in [0.2, 0.25) is 0 Å². The van der Waals surface area contributed by atoms with E-state index in [0.717, 1.165) is 16.0 Å². The van der Waals surface area contributed by atoms with E-state index in [2.05, 4.69) is 5.32 Å². The summed E-state index contributed by atoms with van der Waals surface area (Å²) in [6.45, 7) is 0.352. The van der Waals surface area contributed by atoms with E-state index in [-0.39, 0.29) is 26.3 Å². The molecule has 152 valence electrons. The first-order valence-corrected chi connectivity index (χ1v) is 9.20. The molecule has 8 nitrogen and oxygen atoms in total. The van der Waals surface area contributed by atoms with E-state index in [1.165, 1.54) is 0 Å². The highest BCUT2D eigenvalue weighted by Crippen LogP contribution is 2.16. The smallest absolute Gasteiger partial charge is 0.410 e. The predicted octanol–water partition coefficient (Wildman–Crippen LogP) is 1.79. The summed E-state index contributed by atoms with van der Waals surface area (Å²) in [5, 5.41) is 12.3. The highest BCUT2D eigenvalue weighted by molar-refractivity contribution is 5.89. The number of carboxylic acid groups (broad SMARTS) is 1. The van der Waals surface area contributed by atoms with E-state index in [1.807, 2.05) is 24.3 Å². The van der Waals surface area contributed by atoms with Crippen LogP contribution in [0.25, 0.3) is 0 Å². The van der Waals surface area contributed by atoms with Crippen molar-refractivity contribution in [2.75, 3.05) is 13.1 Å². The molecular weight excluding hydrogens is 376 g/mol. The van der Waals surface area contributed by atoms with Crippen LogP contribution in [-0.2, 0) is 32.3 Å². The van der Waals surface area contributed by atoms with Crippen molar-refractivity contribution < 1.29 is 29.0 Å². The van der Waals surface area contributed by atoms with Crippen molar-refractivity contribution in [3.8, 4) is 0 Å². The van der Waals surface area contributed by atoms with Crippen LogP contribution >= 0.6 is 0 Å². The SMILES string of the molecule is O=C(O)C1NCCN(C(=O)OCc2ccccc2)C1C(=O)OCc1ccccc1. The standard InChI is InChI=1S/C21H22N2O6/c24-19(25)17-18(20(26)28-13-15-7-3-1-4-8-15)23(12-11-22-17)21(27)29-14-16-9-5-2-6-10-16/h1-10,17-18,22H,11-14H2,(H,24,25). The summed E-state index contributed by atoms with van der Waals surface area (Å²) in [7, 11) is 0. The third-order valence-electron chi connectivity index (χ3n) is 4.54. The van der Waals surface area contributed by atoms with E-state index >= 15 is 0 Å². The fourth-order valence-electron chi connectivity index (χ4n) is 3.08. The van der Waals surface area contributed by atoms with Crippen molar-refractivity contribution >= 4 is 18.0 Å². The Bertz CT molecular complexity index is 843. The molecule has 0 saturated carbocycles. The fourth-order valence-corrected chi connectivity index (χ4v) is 3.08. The Morgan fingerprint density at radius 1 is 0.931 bits per heavy atom. The number of hydrogen-bond acceptors (Lipinski definition) is 6. The van der Waals surface area contributed by atoms with Gasteiger partial charge in [0.1, 0.15) is 19.3 Å². The molecule has 2 unspecified atom stereocenters. The summed E-state index contributed by atoms with van der Waals surface area (Å²) in [6, 6.07) is 15.5. The van der Waals surface area contributed by atoms with E-state index in [0.29, 0.717) is 0 Å². The summed E-state index contributed by atoms with van der Waals surface area (Å²) in [5.41, 5.74) is 1.55. The Labute approximate surface area is 168 Å². The molecule has 3 rings (SSSR count). The molecule has 0 spiro atoms. The van der Waals surface area contributed by atoms with Gasteiger partial charge in [-0.3, -0.25) is 9.69 Å². The summed E-state index contributed by atoms with van der Waals surface area (Å²) >= 11 is 0. The Morgan fingerprint density at radius 2 is 1.48 bits per heavy atom. The van der Waals surface area contributed by atoms with Gasteiger partial charge in [-0.1, -0.05) is 60.7 Å². The Hall–Kier alpha value is -3.39. The zero-order valence-electron chi connectivity index (χ0n) is 15.7. The molecule has 2 aromatic rings. The normalized spacial score (nSPS) is 18.7. The molecule has 1 saturated heterocycles. The van der Waals surface area contributed by atoms with Crippen molar-refractivity contribution in [1.82, 2.24) is 10.2 Å². The Balaban J connectivity index is 1.69. The molecule has 1 amide bonds. The molecule has 0 aromatic heterocycles. The summed E-state index contributed by atoms with van der Waals surface area (Å²) < 4.78 is 10.6. The Kier molecular flexibility index (Phi) is 6.80. The number of nitrogens with zero attached hydrogens (tertiary/aromatic N) is 1. The van der Waals surface area contributed by atoms with Gasteiger partial charge in [0.15, 0.2) is 6.04 Å². The second-order valence-corrected chi connectivity index (χ2v) is 6.54. The van der Waals surface area contributed by atoms with Gasteiger partial charge in [0.25, 0.3) is 0 Å². The van der Waals surface area contributed by atoms with Gasteiger partial charge in [0.05, 0.1) is 0 Å². The van der Waals surface area contributed by atoms with Crippen LogP contribution in [0.2, 0.25) is 0 Å². The number of hydrogen-bond donors (Lipinski definition) is 2. The number of aliphatic carboxylic acids is 1. The Morgan fingerprint density at radius 3 is 2.03 bits per heavy atom. The number of benzene rings is 2. The van der Waals surface area contributed by atoms with Crippen LogP contribution in [0.1, 0.15) is 11.1 Å². The lowest BCUT2D eigenvalue weighted by Crippen LogP contribution is -2.65. The van der Waals surface area contributed by atoms with Crippen LogP contribution in [0, 0.1) is 0 Å². The van der Waals surface area contributed by atoms with Crippen molar-refractivity contribution in [1.29, 1.82) is 0 Å². The molecule has 2 N–H and O–H groups in total. The second kappa shape index (κ2) is 9.70. The number of carbonyl (C=O) groups excluding carboxylic acids is 2. The molecule has 0 radical (unpaired) electrons. The molecule has 8 heteroatoms. The third kappa shape index (κ3) is 5.32. The first-order valence-electron chi connectivity index (χ1n) is 9.20. The molecule has 29 heavy (non-hydrogen) atoms. The van der Waals surface area contributed by atoms with Gasteiger partial charge in [-0.25, -0.2) is 9.59 Å². The van der Waals surface area contributed by atoms with Crippen molar-refractivity contribution in [2.24, 2.45) is 0 Å². The van der Waals surface area contributed by atoms with Crippen LogP contribution in [0.4, 0.5) is 4.79 Å². The molecule has 2 atom stereocenters. The number of carbonyl (C=O) groups is 3. The summed E-state index contributed by atoms with van der Waals surface area (Å²) in [4.78, 5) is 38.1. The van der Waals surface area contributed by atoms with E-state index in [9.17, 15) is 19.5 Å². The zero-order chi connectivity index (χ0) is 20.6. The second-order valence-electron chi connectivity index (χ2n) is 6.54. The number of esters is 1. The van der Waals surface area contributed by atoms with Gasteiger partial charge >= 0.3 is 18.0 Å². The summed E-state index contributed by atoms with van der Waals surface area (Å²) in [5.74, 6) is -2.04. The highest BCUT2D eigenvalue weighted by atomic mass is 16.6. The number of amides is 1. The van der Waals surface area contributed by atoms with Crippen LogP contribution < -0.4 is 5.32 Å². The quantitative estimate of drug-likeness (QED) is 0.715. The first kappa shape index (κ1) is 20.3. The first-order chi connectivity index (χ1) is 14.1. The molecule has 0 bridgehead atoms. The third-order valence-corrected chi connectivity index (χ3v) is 4.54. The van der Waals surface area contributed by atoms with Gasteiger partial charge < -0.3 is 19.9 Å². The van der Waals surface area contributed by atoms with Gasteiger partial charge in [-0.05, 0) is 11.1 Å². The minimum atomic E-state index is -1.33. The predicted molar refractivity (Wildman–Crippen MR) is 103 cm³/mol. The summed E-state index contributed by atoms with van der Waals surface area (Å²) in [6.07, 6.45) is -0.761. The number of ether oxygens (including phenoxy) is 2. The van der Waals surface area contributed by atoms with Gasteiger partial charge in [0, 0.05) is 13.1 Å². The maximum Gasteiger partial charge on any atom is 0.410 e. The average Bonchev–Trinajstić information content (AvgIpc) is 2.76. The van der Waals surface area contributed by atoms with Gasteiger partial charge in [-0.15, -0.1) is 0 Å². The minimum absolute atomic E-state index is 0.0184. The number of rotatable bonds is 6. The monoisotopic (exact) mass is 398 g/mol. The average molecular weight is 398 g/mol. The molecule has 1 aliphatic heterocycles. The van der Waals surface area contributed by atoms with Crippen molar-refractivity contribution in [2.45, 2.75) is 25.3 Å². The largest absolute Gasteiger partial charge is 0.480 e. The number of carboxylic acids is 1. The zero-order valence-corrected chi connectivity index (χ0v) is 15.7. The van der Waals surface area contributed by atoms with Crippen LogP contribution in [-0.4, -0.2) is 53.2 Å². The van der Waals surface area contributed by atoms with Crippen molar-refractivity contribution in [3.05, 3.63) is 71.8 Å². The van der Waals surface area contributed by atoms with E-state index in [4.69, 9.17) is 9.47 Å².